The molecule has 0 radical (unpaired) electrons. The lowest BCUT2D eigenvalue weighted by Crippen LogP contribution is -2.24. The van der Waals surface area contributed by atoms with Crippen molar-refractivity contribution in [3.8, 4) is 33.4 Å². The standard InChI is InChI=1S/C50H44N2/c1-33-30-35(20-27-40(33)34-14-8-7-9-15-34)36-21-28-41-42-29-26-39(32-44(42)50(5,6)43(41)31-36)52-47-18-12-10-16-45(47)51(46-17-11-13-19-48(46)52)38-24-22-37(23-25-38)49(2,3)4/h7-32H,1-6H3. The van der Waals surface area contributed by atoms with Gasteiger partial charge in [-0.1, -0.05) is 138 Å². The van der Waals surface area contributed by atoms with E-state index in [2.05, 4.69) is 209 Å². The summed E-state index contributed by atoms with van der Waals surface area (Å²) in [5, 5.41) is 0. The zero-order valence-electron chi connectivity index (χ0n) is 30.9. The maximum absolute atomic E-state index is 2.45. The van der Waals surface area contributed by atoms with Gasteiger partial charge in [-0.2, -0.15) is 0 Å². The number of hydrogen-bond donors (Lipinski definition) is 0. The number of rotatable bonds is 4. The number of nitrogens with zero attached hydrogens (tertiary/aromatic N) is 2. The summed E-state index contributed by atoms with van der Waals surface area (Å²) in [4.78, 5) is 4.86. The second-order valence-corrected chi connectivity index (χ2v) is 16.0. The fourth-order valence-electron chi connectivity index (χ4n) is 8.44. The maximum Gasteiger partial charge on any atom is 0.0703 e. The lowest BCUT2D eigenvalue weighted by atomic mass is 9.81. The van der Waals surface area contributed by atoms with Crippen LogP contribution in [-0.4, -0.2) is 0 Å². The van der Waals surface area contributed by atoms with Crippen LogP contribution < -0.4 is 9.80 Å². The summed E-state index contributed by atoms with van der Waals surface area (Å²) in [6.07, 6.45) is 0. The van der Waals surface area contributed by atoms with Crippen molar-refractivity contribution in [3.05, 3.63) is 180 Å². The van der Waals surface area contributed by atoms with E-state index in [0.717, 1.165) is 0 Å². The summed E-state index contributed by atoms with van der Waals surface area (Å²) in [5.41, 5.74) is 20.1. The average molecular weight is 673 g/mol. The Morgan fingerprint density at radius 2 is 0.885 bits per heavy atom. The first-order chi connectivity index (χ1) is 25.1. The van der Waals surface area contributed by atoms with Gasteiger partial charge in [-0.25, -0.2) is 0 Å². The minimum Gasteiger partial charge on any atom is -0.306 e. The fraction of sp³-hybridized carbons (Fsp3) is 0.160. The number of benzene rings is 7. The minimum atomic E-state index is -0.161. The number of aryl methyl sites for hydroxylation is 1. The maximum atomic E-state index is 2.45. The molecule has 0 saturated heterocycles. The molecule has 0 spiro atoms. The molecule has 1 heterocycles. The van der Waals surface area contributed by atoms with Crippen LogP contribution in [0.5, 0.6) is 0 Å². The molecule has 52 heavy (non-hydrogen) atoms. The van der Waals surface area contributed by atoms with E-state index in [1.807, 2.05) is 0 Å². The molecule has 0 atom stereocenters. The average Bonchev–Trinajstić information content (AvgIpc) is 3.38. The van der Waals surface area contributed by atoms with E-state index in [-0.39, 0.29) is 10.8 Å². The Morgan fingerprint density at radius 1 is 0.423 bits per heavy atom. The monoisotopic (exact) mass is 672 g/mol. The zero-order valence-corrected chi connectivity index (χ0v) is 30.9. The van der Waals surface area contributed by atoms with Crippen LogP contribution in [0.15, 0.2) is 158 Å². The first-order valence-electron chi connectivity index (χ1n) is 18.4. The molecule has 7 aromatic carbocycles. The van der Waals surface area contributed by atoms with Crippen LogP contribution >= 0.6 is 0 Å². The molecule has 0 unspecified atom stereocenters. The topological polar surface area (TPSA) is 6.48 Å². The molecule has 0 bridgehead atoms. The van der Waals surface area contributed by atoms with Crippen molar-refractivity contribution in [3.63, 3.8) is 0 Å². The van der Waals surface area contributed by atoms with Gasteiger partial charge in [0.05, 0.1) is 22.7 Å². The van der Waals surface area contributed by atoms with E-state index < -0.39 is 0 Å². The van der Waals surface area contributed by atoms with Gasteiger partial charge in [0, 0.05) is 16.8 Å². The van der Waals surface area contributed by atoms with Gasteiger partial charge in [0.1, 0.15) is 0 Å². The van der Waals surface area contributed by atoms with Crippen LogP contribution in [0.25, 0.3) is 33.4 Å². The summed E-state index contributed by atoms with van der Waals surface area (Å²) in [7, 11) is 0. The summed E-state index contributed by atoms with van der Waals surface area (Å²) in [6, 6.07) is 58.4. The van der Waals surface area contributed by atoms with Crippen molar-refractivity contribution in [2.75, 3.05) is 9.80 Å². The SMILES string of the molecule is Cc1cc(-c2ccc3c(c2)C(C)(C)c2cc(N4c5ccccc5N(c5ccc(C(C)(C)C)cc5)c5ccccc54)ccc2-3)ccc1-c1ccccc1. The molecular weight excluding hydrogens is 629 g/mol. The second-order valence-electron chi connectivity index (χ2n) is 16.0. The minimum absolute atomic E-state index is 0.1000. The van der Waals surface area contributed by atoms with Crippen molar-refractivity contribution >= 4 is 34.1 Å². The summed E-state index contributed by atoms with van der Waals surface area (Å²) in [6.45, 7) is 13.8. The quantitative estimate of drug-likeness (QED) is 0.184. The predicted molar refractivity (Wildman–Crippen MR) is 221 cm³/mol. The van der Waals surface area contributed by atoms with Crippen molar-refractivity contribution in [2.45, 2.75) is 52.4 Å². The first kappa shape index (κ1) is 32.1. The summed E-state index contributed by atoms with van der Waals surface area (Å²) >= 11 is 0. The Labute approximate surface area is 308 Å². The third kappa shape index (κ3) is 5.08. The molecule has 2 heteroatoms. The van der Waals surface area contributed by atoms with E-state index in [1.54, 1.807) is 0 Å². The van der Waals surface area contributed by atoms with E-state index in [0.29, 0.717) is 0 Å². The van der Waals surface area contributed by atoms with E-state index >= 15 is 0 Å². The molecule has 1 aliphatic heterocycles. The van der Waals surface area contributed by atoms with E-state index in [1.165, 1.54) is 89.8 Å². The highest BCUT2D eigenvalue weighted by Crippen LogP contribution is 2.56. The molecule has 7 aromatic rings. The lowest BCUT2D eigenvalue weighted by molar-refractivity contribution is 0.590. The van der Waals surface area contributed by atoms with Gasteiger partial charge in [-0.05, 0) is 123 Å². The van der Waals surface area contributed by atoms with Gasteiger partial charge in [-0.3, -0.25) is 0 Å². The molecule has 2 aliphatic rings. The number of hydrogen-bond acceptors (Lipinski definition) is 2. The van der Waals surface area contributed by atoms with Gasteiger partial charge in [0.15, 0.2) is 0 Å². The molecule has 1 aliphatic carbocycles. The number of anilines is 6. The van der Waals surface area contributed by atoms with Crippen LogP contribution in [0.4, 0.5) is 34.1 Å². The Morgan fingerprint density at radius 3 is 1.44 bits per heavy atom. The highest BCUT2D eigenvalue weighted by molar-refractivity contribution is 6.02. The molecule has 0 N–H and O–H groups in total. The Bertz CT molecular complexity index is 2430. The third-order valence-electron chi connectivity index (χ3n) is 11.3. The highest BCUT2D eigenvalue weighted by Gasteiger charge is 2.37. The van der Waals surface area contributed by atoms with Crippen LogP contribution in [0, 0.1) is 6.92 Å². The summed E-state index contributed by atoms with van der Waals surface area (Å²) in [5.74, 6) is 0. The smallest absolute Gasteiger partial charge is 0.0703 e. The highest BCUT2D eigenvalue weighted by atomic mass is 15.3. The summed E-state index contributed by atoms with van der Waals surface area (Å²) < 4.78 is 0. The van der Waals surface area contributed by atoms with Gasteiger partial charge in [0.25, 0.3) is 0 Å². The molecule has 0 saturated carbocycles. The molecular formula is C50H44N2. The fourth-order valence-corrected chi connectivity index (χ4v) is 8.44. The van der Waals surface area contributed by atoms with Crippen molar-refractivity contribution < 1.29 is 0 Å². The zero-order chi connectivity index (χ0) is 35.8. The van der Waals surface area contributed by atoms with Gasteiger partial charge in [-0.15, -0.1) is 0 Å². The van der Waals surface area contributed by atoms with Crippen LogP contribution in [0.1, 0.15) is 56.9 Å². The Balaban J connectivity index is 1.10. The van der Waals surface area contributed by atoms with Crippen molar-refractivity contribution in [1.82, 2.24) is 0 Å². The number of fused-ring (bicyclic) bond motifs is 5. The molecule has 0 fully saturated rings. The molecule has 254 valence electrons. The Kier molecular flexibility index (Phi) is 7.31. The van der Waals surface area contributed by atoms with Crippen molar-refractivity contribution in [2.24, 2.45) is 0 Å². The normalized spacial score (nSPS) is 14.0. The molecule has 2 nitrogen and oxygen atoms in total. The largest absolute Gasteiger partial charge is 0.306 e. The molecule has 0 aromatic heterocycles. The van der Waals surface area contributed by atoms with Crippen molar-refractivity contribution in [1.29, 1.82) is 0 Å². The van der Waals surface area contributed by atoms with Crippen LogP contribution in [-0.2, 0) is 10.8 Å². The molecule has 9 rings (SSSR count). The van der Waals surface area contributed by atoms with E-state index in [9.17, 15) is 0 Å². The second kappa shape index (κ2) is 11.9. The predicted octanol–water partition coefficient (Wildman–Crippen LogP) is 14.2. The van der Waals surface area contributed by atoms with E-state index in [4.69, 9.17) is 0 Å². The van der Waals surface area contributed by atoms with Crippen LogP contribution in [0.2, 0.25) is 0 Å². The lowest BCUT2D eigenvalue weighted by Gasteiger charge is -2.40. The van der Waals surface area contributed by atoms with Crippen LogP contribution in [0.3, 0.4) is 0 Å². The van der Waals surface area contributed by atoms with Gasteiger partial charge >= 0.3 is 0 Å². The Hall–Kier alpha value is -5.86. The molecule has 0 amide bonds. The third-order valence-corrected chi connectivity index (χ3v) is 11.3. The van der Waals surface area contributed by atoms with Gasteiger partial charge in [0.2, 0.25) is 0 Å². The number of para-hydroxylation sites is 4. The van der Waals surface area contributed by atoms with Gasteiger partial charge < -0.3 is 9.80 Å². The first-order valence-corrected chi connectivity index (χ1v) is 18.4.